The summed E-state index contributed by atoms with van der Waals surface area (Å²) in [4.78, 5) is 14.5. The second-order valence-corrected chi connectivity index (χ2v) is 5.41. The van der Waals surface area contributed by atoms with Gasteiger partial charge < -0.3 is 15.5 Å². The van der Waals surface area contributed by atoms with E-state index in [1.54, 1.807) is 12.1 Å². The standard InChI is InChI=1S/C15H14N4O2/c1-15(2)10-5-8(3-4-12(10)19-14(20)21-15)13-11(17)6-9(7-16)18-13/h3-6,18H,17H2,1-2H3,(H,19,20). The van der Waals surface area contributed by atoms with Crippen molar-refractivity contribution < 1.29 is 9.53 Å². The molecule has 21 heavy (non-hydrogen) atoms. The third-order valence-electron chi connectivity index (χ3n) is 3.51. The number of hydrogen-bond donors (Lipinski definition) is 3. The van der Waals surface area contributed by atoms with Gasteiger partial charge in [-0.15, -0.1) is 0 Å². The fraction of sp³-hybridized carbons (Fsp3) is 0.200. The summed E-state index contributed by atoms with van der Waals surface area (Å²) in [6.45, 7) is 3.65. The Morgan fingerprint density at radius 1 is 1.33 bits per heavy atom. The lowest BCUT2D eigenvalue weighted by Gasteiger charge is -2.32. The first-order chi connectivity index (χ1) is 9.90. The van der Waals surface area contributed by atoms with Crippen LogP contribution in [0.25, 0.3) is 11.3 Å². The highest BCUT2D eigenvalue weighted by Crippen LogP contribution is 2.38. The van der Waals surface area contributed by atoms with E-state index in [0.29, 0.717) is 22.8 Å². The number of carbonyl (C=O) groups excluding carboxylic acids is 1. The number of amides is 1. The van der Waals surface area contributed by atoms with Crippen molar-refractivity contribution in [1.82, 2.24) is 4.98 Å². The van der Waals surface area contributed by atoms with Gasteiger partial charge in [0.05, 0.1) is 17.1 Å². The lowest BCUT2D eigenvalue weighted by molar-refractivity contribution is 0.0421. The molecule has 0 saturated heterocycles. The highest BCUT2D eigenvalue weighted by atomic mass is 16.6. The Labute approximate surface area is 121 Å². The second-order valence-electron chi connectivity index (χ2n) is 5.41. The summed E-state index contributed by atoms with van der Waals surface area (Å²) < 4.78 is 5.30. The van der Waals surface area contributed by atoms with E-state index in [1.807, 2.05) is 32.0 Å². The molecule has 0 fully saturated rings. The Bertz CT molecular complexity index is 783. The van der Waals surface area contributed by atoms with Gasteiger partial charge in [0.2, 0.25) is 0 Å². The predicted octanol–water partition coefficient (Wildman–Crippen LogP) is 2.93. The Balaban J connectivity index is 2.13. The molecule has 1 aromatic carbocycles. The van der Waals surface area contributed by atoms with Crippen LogP contribution in [0.2, 0.25) is 0 Å². The van der Waals surface area contributed by atoms with Crippen LogP contribution in [-0.4, -0.2) is 11.1 Å². The second kappa shape index (κ2) is 4.28. The maximum atomic E-state index is 11.5. The fourth-order valence-corrected chi connectivity index (χ4v) is 2.50. The number of fused-ring (bicyclic) bond motifs is 1. The number of aromatic nitrogens is 1. The number of nitrogens with zero attached hydrogens (tertiary/aromatic N) is 1. The first-order valence-corrected chi connectivity index (χ1v) is 6.44. The van der Waals surface area contributed by atoms with Gasteiger partial charge in [-0.2, -0.15) is 5.26 Å². The minimum Gasteiger partial charge on any atom is -0.438 e. The lowest BCUT2D eigenvalue weighted by atomic mass is 9.92. The molecular weight excluding hydrogens is 268 g/mol. The molecule has 1 aliphatic rings. The topological polar surface area (TPSA) is 104 Å². The molecule has 3 rings (SSSR count). The van der Waals surface area contributed by atoms with Gasteiger partial charge in [0.1, 0.15) is 17.4 Å². The summed E-state index contributed by atoms with van der Waals surface area (Å²) in [6, 6.07) is 9.16. The fourth-order valence-electron chi connectivity index (χ4n) is 2.50. The zero-order valence-corrected chi connectivity index (χ0v) is 11.7. The van der Waals surface area contributed by atoms with Crippen LogP contribution in [0.15, 0.2) is 24.3 Å². The van der Waals surface area contributed by atoms with E-state index in [1.165, 1.54) is 0 Å². The summed E-state index contributed by atoms with van der Waals surface area (Å²) in [5, 5.41) is 11.6. The van der Waals surface area contributed by atoms with Gasteiger partial charge in [0.15, 0.2) is 0 Å². The number of nitrogen functional groups attached to an aromatic ring is 1. The number of rotatable bonds is 1. The third kappa shape index (κ3) is 2.09. The van der Waals surface area contributed by atoms with Crippen molar-refractivity contribution in [3.8, 4) is 17.3 Å². The van der Waals surface area contributed by atoms with Gasteiger partial charge in [-0.1, -0.05) is 6.07 Å². The van der Waals surface area contributed by atoms with E-state index in [0.717, 1.165) is 11.1 Å². The summed E-state index contributed by atoms with van der Waals surface area (Å²) in [7, 11) is 0. The Hall–Kier alpha value is -2.94. The number of nitrogens with two attached hydrogens (primary N) is 1. The Morgan fingerprint density at radius 3 is 2.76 bits per heavy atom. The molecule has 6 nitrogen and oxygen atoms in total. The van der Waals surface area contributed by atoms with Gasteiger partial charge >= 0.3 is 6.09 Å². The van der Waals surface area contributed by atoms with Crippen LogP contribution in [0.3, 0.4) is 0 Å². The van der Waals surface area contributed by atoms with E-state index < -0.39 is 11.7 Å². The van der Waals surface area contributed by atoms with E-state index in [4.69, 9.17) is 15.7 Å². The summed E-state index contributed by atoms with van der Waals surface area (Å²) in [5.74, 6) is 0. The average Bonchev–Trinajstić information content (AvgIpc) is 2.79. The first-order valence-electron chi connectivity index (χ1n) is 6.44. The van der Waals surface area contributed by atoms with Crippen LogP contribution in [0.4, 0.5) is 16.2 Å². The molecule has 1 aliphatic heterocycles. The molecule has 1 aromatic heterocycles. The molecule has 2 aromatic rings. The highest BCUT2D eigenvalue weighted by molar-refractivity contribution is 5.90. The summed E-state index contributed by atoms with van der Waals surface area (Å²) in [5.41, 5.74) is 9.20. The van der Waals surface area contributed by atoms with Crippen molar-refractivity contribution >= 4 is 17.5 Å². The Morgan fingerprint density at radius 2 is 2.10 bits per heavy atom. The van der Waals surface area contributed by atoms with Crippen LogP contribution in [-0.2, 0) is 10.3 Å². The van der Waals surface area contributed by atoms with E-state index >= 15 is 0 Å². The van der Waals surface area contributed by atoms with E-state index in [2.05, 4.69) is 10.3 Å². The van der Waals surface area contributed by atoms with Crippen molar-refractivity contribution in [2.45, 2.75) is 19.4 Å². The smallest absolute Gasteiger partial charge is 0.412 e. The normalized spacial score (nSPS) is 15.6. The number of benzene rings is 1. The molecule has 106 valence electrons. The molecule has 0 unspecified atom stereocenters. The lowest BCUT2D eigenvalue weighted by Crippen LogP contribution is -2.34. The molecular formula is C15H14N4O2. The maximum Gasteiger partial charge on any atom is 0.412 e. The SMILES string of the molecule is CC1(C)OC(=O)Nc2ccc(-c3[nH]c(C#N)cc3N)cc21. The number of cyclic esters (lactones) is 1. The van der Waals surface area contributed by atoms with Gasteiger partial charge in [-0.05, 0) is 32.0 Å². The summed E-state index contributed by atoms with van der Waals surface area (Å²) in [6.07, 6.45) is -0.466. The van der Waals surface area contributed by atoms with E-state index in [-0.39, 0.29) is 0 Å². The number of aromatic amines is 1. The molecule has 0 spiro atoms. The number of carbonyl (C=O) groups is 1. The zero-order chi connectivity index (χ0) is 15.2. The van der Waals surface area contributed by atoms with Gasteiger partial charge in [0.25, 0.3) is 0 Å². The quantitative estimate of drug-likeness (QED) is 0.747. The largest absolute Gasteiger partial charge is 0.438 e. The van der Waals surface area contributed by atoms with Gasteiger partial charge in [0, 0.05) is 11.1 Å². The molecule has 1 amide bonds. The number of nitrogens with one attached hydrogen (secondary N) is 2. The van der Waals surface area contributed by atoms with Crippen LogP contribution in [0.1, 0.15) is 25.1 Å². The highest BCUT2D eigenvalue weighted by Gasteiger charge is 2.33. The van der Waals surface area contributed by atoms with Crippen molar-refractivity contribution in [2.24, 2.45) is 0 Å². The molecule has 0 aliphatic carbocycles. The molecule has 4 N–H and O–H groups in total. The van der Waals surface area contributed by atoms with E-state index in [9.17, 15) is 4.79 Å². The molecule has 0 bridgehead atoms. The van der Waals surface area contributed by atoms with Crippen molar-refractivity contribution in [3.05, 3.63) is 35.5 Å². The number of H-pyrrole nitrogens is 1. The Kier molecular flexibility index (Phi) is 2.66. The first kappa shape index (κ1) is 13.1. The van der Waals surface area contributed by atoms with Gasteiger partial charge in [-0.25, -0.2) is 4.79 Å². The average molecular weight is 282 g/mol. The third-order valence-corrected chi connectivity index (χ3v) is 3.51. The van der Waals surface area contributed by atoms with Crippen LogP contribution < -0.4 is 11.1 Å². The van der Waals surface area contributed by atoms with Crippen molar-refractivity contribution in [3.63, 3.8) is 0 Å². The minimum atomic E-state index is -0.729. The maximum absolute atomic E-state index is 11.5. The monoisotopic (exact) mass is 282 g/mol. The number of anilines is 2. The molecule has 0 radical (unpaired) electrons. The van der Waals surface area contributed by atoms with Gasteiger partial charge in [-0.3, -0.25) is 5.32 Å². The van der Waals surface area contributed by atoms with Crippen LogP contribution in [0, 0.1) is 11.3 Å². The number of nitriles is 1. The zero-order valence-electron chi connectivity index (χ0n) is 11.7. The predicted molar refractivity (Wildman–Crippen MR) is 78.5 cm³/mol. The molecule has 2 heterocycles. The minimum absolute atomic E-state index is 0.407. The number of ether oxygens (including phenoxy) is 1. The van der Waals surface area contributed by atoms with Crippen LogP contribution in [0.5, 0.6) is 0 Å². The molecule has 0 saturated carbocycles. The molecule has 0 atom stereocenters. The number of hydrogen-bond acceptors (Lipinski definition) is 4. The van der Waals surface area contributed by atoms with Crippen LogP contribution >= 0.6 is 0 Å². The van der Waals surface area contributed by atoms with Crippen molar-refractivity contribution in [2.75, 3.05) is 11.1 Å². The molecule has 6 heteroatoms. The van der Waals surface area contributed by atoms with Crippen molar-refractivity contribution in [1.29, 1.82) is 5.26 Å². The summed E-state index contributed by atoms with van der Waals surface area (Å²) >= 11 is 0.